The minimum Gasteiger partial charge on any atom is -0.497 e. The maximum atomic E-state index is 12.9. The average molecular weight is 491 g/mol. The zero-order valence-corrected chi connectivity index (χ0v) is 21.1. The van der Waals surface area contributed by atoms with E-state index >= 15 is 0 Å². The van der Waals surface area contributed by atoms with E-state index in [1.807, 2.05) is 41.9 Å². The summed E-state index contributed by atoms with van der Waals surface area (Å²) < 4.78 is 7.23. The summed E-state index contributed by atoms with van der Waals surface area (Å²) in [6.07, 6.45) is 2.67. The summed E-state index contributed by atoms with van der Waals surface area (Å²) in [5, 5.41) is 20.2. The molecule has 1 aliphatic rings. The monoisotopic (exact) mass is 490 g/mol. The maximum Gasteiger partial charge on any atom is 0.224 e. The molecule has 0 radical (unpaired) electrons. The molecule has 3 aromatic heterocycles. The van der Waals surface area contributed by atoms with Gasteiger partial charge >= 0.3 is 0 Å². The van der Waals surface area contributed by atoms with Crippen molar-refractivity contribution in [1.29, 1.82) is 0 Å². The number of ether oxygens (including phenoxy) is 1. The lowest BCUT2D eigenvalue weighted by Gasteiger charge is -2.32. The van der Waals surface area contributed by atoms with Crippen LogP contribution in [0.5, 0.6) is 5.75 Å². The van der Waals surface area contributed by atoms with Crippen molar-refractivity contribution in [1.82, 2.24) is 25.3 Å². The number of rotatable bonds is 7. The number of anilines is 1. The first kappa shape index (κ1) is 23.3. The number of carbonyl (C=O) groups is 1. The Morgan fingerprint density at radius 3 is 2.77 bits per heavy atom. The lowest BCUT2D eigenvalue weighted by molar-refractivity contribution is -0.125. The number of hydrogen-bond acceptors (Lipinski definition) is 7. The molecule has 1 fully saturated rings. The Balaban J connectivity index is 1.37. The molecular formula is C26H30N6O2S. The van der Waals surface area contributed by atoms with Crippen LogP contribution in [0, 0.1) is 19.8 Å². The van der Waals surface area contributed by atoms with E-state index in [0.29, 0.717) is 13.1 Å². The van der Waals surface area contributed by atoms with E-state index in [1.165, 1.54) is 4.88 Å². The van der Waals surface area contributed by atoms with E-state index < -0.39 is 0 Å². The summed E-state index contributed by atoms with van der Waals surface area (Å²) in [5.41, 5.74) is 3.63. The number of nitrogens with zero attached hydrogens (tertiary/aromatic N) is 5. The number of piperidine rings is 1. The van der Waals surface area contributed by atoms with Crippen LogP contribution in [0.4, 0.5) is 5.82 Å². The van der Waals surface area contributed by atoms with Crippen molar-refractivity contribution in [2.75, 3.05) is 31.6 Å². The van der Waals surface area contributed by atoms with Gasteiger partial charge in [-0.05, 0) is 68.8 Å². The van der Waals surface area contributed by atoms with Gasteiger partial charge in [0.1, 0.15) is 11.3 Å². The summed E-state index contributed by atoms with van der Waals surface area (Å²) >= 11 is 1.72. The zero-order chi connectivity index (χ0) is 24.4. The van der Waals surface area contributed by atoms with Gasteiger partial charge in [-0.1, -0.05) is 6.07 Å². The number of aryl methyl sites for hydroxylation is 2. The van der Waals surface area contributed by atoms with Gasteiger partial charge in [0.25, 0.3) is 0 Å². The molecule has 0 aliphatic carbocycles. The number of carbonyl (C=O) groups excluding carboxylic acids is 1. The van der Waals surface area contributed by atoms with Crippen LogP contribution in [0.25, 0.3) is 16.6 Å². The molecule has 1 aliphatic heterocycles. The van der Waals surface area contributed by atoms with Gasteiger partial charge in [-0.3, -0.25) is 4.79 Å². The molecule has 5 rings (SSSR count). The number of nitrogens with one attached hydrogen (secondary N) is 1. The fraction of sp³-hybridized carbons (Fsp3) is 0.385. The Labute approximate surface area is 208 Å². The Morgan fingerprint density at radius 2 is 2.03 bits per heavy atom. The highest BCUT2D eigenvalue weighted by Crippen LogP contribution is 2.32. The van der Waals surface area contributed by atoms with Crippen molar-refractivity contribution in [2.24, 2.45) is 5.92 Å². The second-order valence-electron chi connectivity index (χ2n) is 8.93. The van der Waals surface area contributed by atoms with Crippen molar-refractivity contribution in [2.45, 2.75) is 33.1 Å². The van der Waals surface area contributed by atoms with Gasteiger partial charge in [-0.25, -0.2) is 4.68 Å². The van der Waals surface area contributed by atoms with Crippen LogP contribution in [-0.4, -0.2) is 52.6 Å². The third kappa shape index (κ3) is 4.73. The van der Waals surface area contributed by atoms with E-state index in [1.54, 1.807) is 18.4 Å². The smallest absolute Gasteiger partial charge is 0.224 e. The lowest BCUT2D eigenvalue weighted by Crippen LogP contribution is -2.44. The van der Waals surface area contributed by atoms with Crippen molar-refractivity contribution in [3.63, 3.8) is 0 Å². The third-order valence-electron chi connectivity index (χ3n) is 6.64. The van der Waals surface area contributed by atoms with Crippen LogP contribution >= 0.6 is 11.3 Å². The number of methoxy groups -OCH3 is 1. The van der Waals surface area contributed by atoms with Crippen LogP contribution in [0.15, 0.2) is 41.8 Å². The first-order valence-electron chi connectivity index (χ1n) is 12.0. The van der Waals surface area contributed by atoms with Gasteiger partial charge in [0.2, 0.25) is 5.91 Å². The van der Waals surface area contributed by atoms with Gasteiger partial charge in [0, 0.05) is 24.5 Å². The Bertz CT molecular complexity index is 1320. The minimum absolute atomic E-state index is 0.0741. The molecule has 0 unspecified atom stereocenters. The van der Waals surface area contributed by atoms with Gasteiger partial charge in [0.15, 0.2) is 5.82 Å². The number of benzene rings is 1. The number of hydrogen-bond donors (Lipinski definition) is 1. The fourth-order valence-corrected chi connectivity index (χ4v) is 5.50. The van der Waals surface area contributed by atoms with Gasteiger partial charge in [-0.15, -0.1) is 16.4 Å². The van der Waals surface area contributed by atoms with Crippen molar-refractivity contribution >= 4 is 34.0 Å². The predicted octanol–water partition coefficient (Wildman–Crippen LogP) is 4.08. The molecule has 4 heterocycles. The Morgan fingerprint density at radius 1 is 1.20 bits per heavy atom. The number of aromatic nitrogens is 4. The highest BCUT2D eigenvalue weighted by atomic mass is 32.1. The van der Waals surface area contributed by atoms with Crippen molar-refractivity contribution < 1.29 is 9.53 Å². The summed E-state index contributed by atoms with van der Waals surface area (Å²) in [6.45, 7) is 6.13. The summed E-state index contributed by atoms with van der Waals surface area (Å²) in [5.74, 6) is 1.59. The van der Waals surface area contributed by atoms with Crippen molar-refractivity contribution in [3.8, 4) is 11.4 Å². The topological polar surface area (TPSA) is 85.2 Å². The first-order valence-corrected chi connectivity index (χ1v) is 12.8. The molecule has 0 saturated carbocycles. The molecule has 1 amide bonds. The SMILES string of the molecule is COc1ccc(-n2nc3c(N4CCC[C@@H](C(=O)NCCc5cccs5)C4)nnc(C)c3c2C)cc1. The number of thiophene rings is 1. The minimum atomic E-state index is -0.0741. The number of amides is 1. The largest absolute Gasteiger partial charge is 0.497 e. The molecule has 1 saturated heterocycles. The van der Waals surface area contributed by atoms with E-state index in [2.05, 4.69) is 38.8 Å². The number of fused-ring (bicyclic) bond motifs is 1. The second kappa shape index (κ2) is 10.0. The lowest BCUT2D eigenvalue weighted by atomic mass is 9.97. The second-order valence-corrected chi connectivity index (χ2v) is 9.97. The highest BCUT2D eigenvalue weighted by molar-refractivity contribution is 7.09. The summed E-state index contributed by atoms with van der Waals surface area (Å²) in [6, 6.07) is 12.0. The molecule has 0 bridgehead atoms. The van der Waals surface area contributed by atoms with Crippen LogP contribution in [0.3, 0.4) is 0 Å². The zero-order valence-electron chi connectivity index (χ0n) is 20.3. The molecule has 1 aromatic carbocycles. The molecule has 9 heteroatoms. The normalized spacial score (nSPS) is 16.0. The van der Waals surface area contributed by atoms with E-state index in [4.69, 9.17) is 9.84 Å². The van der Waals surface area contributed by atoms with Gasteiger partial charge in [0.05, 0.1) is 35.5 Å². The van der Waals surface area contributed by atoms with Gasteiger partial charge < -0.3 is 15.0 Å². The van der Waals surface area contributed by atoms with Crippen LogP contribution in [-0.2, 0) is 11.2 Å². The average Bonchev–Trinajstić information content (AvgIpc) is 3.53. The molecular weight excluding hydrogens is 460 g/mol. The Hall–Kier alpha value is -3.46. The molecule has 35 heavy (non-hydrogen) atoms. The predicted molar refractivity (Wildman–Crippen MR) is 139 cm³/mol. The summed E-state index contributed by atoms with van der Waals surface area (Å²) in [7, 11) is 1.66. The van der Waals surface area contributed by atoms with E-state index in [9.17, 15) is 4.79 Å². The van der Waals surface area contributed by atoms with E-state index in [-0.39, 0.29) is 11.8 Å². The van der Waals surface area contributed by atoms with E-state index in [0.717, 1.165) is 65.4 Å². The molecule has 8 nitrogen and oxygen atoms in total. The van der Waals surface area contributed by atoms with Crippen molar-refractivity contribution in [3.05, 3.63) is 58.0 Å². The quantitative estimate of drug-likeness (QED) is 0.420. The molecule has 0 spiro atoms. The molecule has 1 atom stereocenters. The van der Waals surface area contributed by atoms with Crippen LogP contribution in [0.2, 0.25) is 0 Å². The molecule has 182 valence electrons. The third-order valence-corrected chi connectivity index (χ3v) is 7.58. The van der Waals surface area contributed by atoms with Gasteiger partial charge in [-0.2, -0.15) is 10.2 Å². The first-order chi connectivity index (χ1) is 17.0. The fourth-order valence-electron chi connectivity index (χ4n) is 4.79. The standard InChI is InChI=1S/C26H30N6O2S/c1-17-23-18(2)32(20-8-10-21(34-3)11-9-20)30-24(23)25(29-28-17)31-14-4-6-19(16-31)26(33)27-13-12-22-7-5-15-35-22/h5,7-11,15,19H,4,6,12-14,16H2,1-3H3,(H,27,33)/t19-/m1/s1. The highest BCUT2D eigenvalue weighted by Gasteiger charge is 2.29. The Kier molecular flexibility index (Phi) is 6.68. The maximum absolute atomic E-state index is 12.9. The van der Waals surface area contributed by atoms with Crippen LogP contribution in [0.1, 0.15) is 29.1 Å². The molecule has 1 N–H and O–H groups in total. The van der Waals surface area contributed by atoms with Crippen LogP contribution < -0.4 is 15.0 Å². The summed E-state index contributed by atoms with van der Waals surface area (Å²) in [4.78, 5) is 16.4. The molecule has 4 aromatic rings.